The third-order valence-electron chi connectivity index (χ3n) is 4.81. The highest BCUT2D eigenvalue weighted by molar-refractivity contribution is 7.88. The summed E-state index contributed by atoms with van der Waals surface area (Å²) in [5.41, 5.74) is 3.20. The first kappa shape index (κ1) is 17.4. The van der Waals surface area contributed by atoms with Crippen molar-refractivity contribution >= 4 is 15.9 Å². The lowest BCUT2D eigenvalue weighted by Gasteiger charge is -2.36. The van der Waals surface area contributed by atoms with Gasteiger partial charge in [0.15, 0.2) is 0 Å². The highest BCUT2D eigenvalue weighted by Gasteiger charge is 2.28. The molecule has 6 nitrogen and oxygen atoms in total. The van der Waals surface area contributed by atoms with Crippen molar-refractivity contribution in [3.8, 4) is 0 Å². The standard InChI is InChI=1S/C17H25N3O3S/c1-24(22,23)19-8-7-16-4-2-3-9-20(16)17(21)13-5-6-14-11-18-12-15(14)10-13/h5-6,10,16,18-19H,2-4,7-9,11-12H2,1H3. The molecule has 2 N–H and O–H groups in total. The van der Waals surface area contributed by atoms with Crippen molar-refractivity contribution in [2.45, 2.75) is 44.8 Å². The molecule has 1 fully saturated rings. The van der Waals surface area contributed by atoms with Gasteiger partial charge in [-0.05, 0) is 48.9 Å². The molecule has 2 aliphatic rings. The summed E-state index contributed by atoms with van der Waals surface area (Å²) in [6, 6.07) is 6.05. The number of fused-ring (bicyclic) bond motifs is 1. The Morgan fingerprint density at radius 1 is 1.29 bits per heavy atom. The van der Waals surface area contributed by atoms with Crippen LogP contribution in [0.25, 0.3) is 0 Å². The molecule has 0 saturated carbocycles. The topological polar surface area (TPSA) is 78.5 Å². The Hall–Kier alpha value is -1.44. The van der Waals surface area contributed by atoms with Crippen molar-refractivity contribution in [3.63, 3.8) is 0 Å². The van der Waals surface area contributed by atoms with Crippen LogP contribution in [-0.4, -0.2) is 44.6 Å². The number of carbonyl (C=O) groups excluding carboxylic acids is 1. The lowest BCUT2D eigenvalue weighted by molar-refractivity contribution is 0.0604. The predicted octanol–water partition coefficient (Wildman–Crippen LogP) is 1.22. The van der Waals surface area contributed by atoms with Crippen LogP contribution in [0, 0.1) is 0 Å². The fourth-order valence-electron chi connectivity index (χ4n) is 3.57. The third kappa shape index (κ3) is 4.15. The molecule has 0 aliphatic carbocycles. The van der Waals surface area contributed by atoms with Crippen LogP contribution in [0.4, 0.5) is 0 Å². The number of hydrogen-bond donors (Lipinski definition) is 2. The normalized spacial score (nSPS) is 20.9. The van der Waals surface area contributed by atoms with Crippen molar-refractivity contribution in [3.05, 3.63) is 34.9 Å². The van der Waals surface area contributed by atoms with E-state index >= 15 is 0 Å². The number of hydrogen-bond acceptors (Lipinski definition) is 4. The minimum atomic E-state index is -3.18. The number of nitrogens with zero attached hydrogens (tertiary/aromatic N) is 1. The molecule has 7 heteroatoms. The molecule has 3 rings (SSSR count). The number of rotatable bonds is 5. The van der Waals surface area contributed by atoms with Crippen LogP contribution < -0.4 is 10.0 Å². The smallest absolute Gasteiger partial charge is 0.254 e. The maximum absolute atomic E-state index is 12.9. The summed E-state index contributed by atoms with van der Waals surface area (Å²) in [5.74, 6) is 0.0637. The number of nitrogens with one attached hydrogen (secondary N) is 2. The first-order valence-electron chi connectivity index (χ1n) is 8.52. The van der Waals surface area contributed by atoms with Crippen LogP contribution in [0.3, 0.4) is 0 Å². The summed E-state index contributed by atoms with van der Waals surface area (Å²) in [4.78, 5) is 14.9. The Kier molecular flexibility index (Phi) is 5.22. The van der Waals surface area contributed by atoms with Crippen LogP contribution in [0.1, 0.15) is 47.2 Å². The zero-order valence-electron chi connectivity index (χ0n) is 14.0. The lowest BCUT2D eigenvalue weighted by atomic mass is 9.97. The number of carbonyl (C=O) groups is 1. The van der Waals surface area contributed by atoms with Crippen LogP contribution in [0.15, 0.2) is 18.2 Å². The molecule has 1 atom stereocenters. The Morgan fingerprint density at radius 3 is 2.88 bits per heavy atom. The quantitative estimate of drug-likeness (QED) is 0.836. The summed E-state index contributed by atoms with van der Waals surface area (Å²) in [6.07, 6.45) is 4.85. The van der Waals surface area contributed by atoms with Crippen LogP contribution in [0.2, 0.25) is 0 Å². The molecule has 2 heterocycles. The van der Waals surface area contributed by atoms with Crippen LogP contribution in [0.5, 0.6) is 0 Å². The van der Waals surface area contributed by atoms with Gasteiger partial charge in [0.25, 0.3) is 5.91 Å². The summed E-state index contributed by atoms with van der Waals surface area (Å²) >= 11 is 0. The van der Waals surface area contributed by atoms with Gasteiger partial charge in [0.1, 0.15) is 0 Å². The third-order valence-corrected chi connectivity index (χ3v) is 5.54. The molecule has 0 bridgehead atoms. The van der Waals surface area contributed by atoms with E-state index in [0.29, 0.717) is 13.0 Å². The second kappa shape index (κ2) is 7.21. The largest absolute Gasteiger partial charge is 0.336 e. The lowest BCUT2D eigenvalue weighted by Crippen LogP contribution is -2.45. The minimum Gasteiger partial charge on any atom is -0.336 e. The number of benzene rings is 1. The number of amides is 1. The molecule has 1 amide bonds. The van der Waals surface area contributed by atoms with Gasteiger partial charge in [-0.1, -0.05) is 6.07 Å². The fourth-order valence-corrected chi connectivity index (χ4v) is 4.06. The fraction of sp³-hybridized carbons (Fsp3) is 0.588. The average Bonchev–Trinajstić information content (AvgIpc) is 3.01. The summed E-state index contributed by atoms with van der Waals surface area (Å²) in [7, 11) is -3.18. The van der Waals surface area contributed by atoms with E-state index in [-0.39, 0.29) is 11.9 Å². The van der Waals surface area contributed by atoms with Gasteiger partial charge in [0, 0.05) is 37.8 Å². The van der Waals surface area contributed by atoms with Gasteiger partial charge in [0.2, 0.25) is 10.0 Å². The average molecular weight is 351 g/mol. The van der Waals surface area contributed by atoms with Crippen molar-refractivity contribution < 1.29 is 13.2 Å². The van der Waals surface area contributed by atoms with Gasteiger partial charge in [-0.25, -0.2) is 13.1 Å². The zero-order valence-corrected chi connectivity index (χ0v) is 14.9. The van der Waals surface area contributed by atoms with Gasteiger partial charge in [-0.2, -0.15) is 0 Å². The molecule has 132 valence electrons. The number of likely N-dealkylation sites (tertiary alicyclic amines) is 1. The van der Waals surface area contributed by atoms with Crippen molar-refractivity contribution in [2.75, 3.05) is 19.3 Å². The molecule has 1 unspecified atom stereocenters. The Balaban J connectivity index is 1.69. The maximum atomic E-state index is 12.9. The molecule has 1 saturated heterocycles. The summed E-state index contributed by atoms with van der Waals surface area (Å²) in [6.45, 7) is 2.81. The molecular formula is C17H25N3O3S. The van der Waals surface area contributed by atoms with E-state index < -0.39 is 10.0 Å². The molecule has 0 spiro atoms. The Morgan fingerprint density at radius 2 is 2.08 bits per heavy atom. The second-order valence-electron chi connectivity index (χ2n) is 6.69. The monoisotopic (exact) mass is 351 g/mol. The van der Waals surface area contributed by atoms with E-state index in [0.717, 1.165) is 50.7 Å². The molecule has 1 aromatic rings. The molecule has 0 radical (unpaired) electrons. The molecule has 1 aromatic carbocycles. The SMILES string of the molecule is CS(=O)(=O)NCCC1CCCCN1C(=O)c1ccc2c(c1)CNC2. The first-order valence-corrected chi connectivity index (χ1v) is 10.4. The zero-order chi connectivity index (χ0) is 17.2. The Labute approximate surface area is 143 Å². The van der Waals surface area contributed by atoms with Gasteiger partial charge < -0.3 is 10.2 Å². The van der Waals surface area contributed by atoms with Gasteiger partial charge in [-0.3, -0.25) is 4.79 Å². The van der Waals surface area contributed by atoms with Crippen LogP contribution >= 0.6 is 0 Å². The van der Waals surface area contributed by atoms with Gasteiger partial charge in [0.05, 0.1) is 6.26 Å². The Bertz CT molecular complexity index is 718. The minimum absolute atomic E-state index is 0.0637. The van der Waals surface area contributed by atoms with E-state index in [1.54, 1.807) is 0 Å². The van der Waals surface area contributed by atoms with Crippen molar-refractivity contribution in [1.29, 1.82) is 0 Å². The number of sulfonamides is 1. The van der Waals surface area contributed by atoms with E-state index in [2.05, 4.69) is 10.0 Å². The highest BCUT2D eigenvalue weighted by atomic mass is 32.2. The van der Waals surface area contributed by atoms with Gasteiger partial charge >= 0.3 is 0 Å². The first-order chi connectivity index (χ1) is 11.4. The van der Waals surface area contributed by atoms with Gasteiger partial charge in [-0.15, -0.1) is 0 Å². The maximum Gasteiger partial charge on any atom is 0.254 e. The highest BCUT2D eigenvalue weighted by Crippen LogP contribution is 2.24. The predicted molar refractivity (Wildman–Crippen MR) is 93.1 cm³/mol. The molecular weight excluding hydrogens is 326 g/mol. The number of piperidine rings is 1. The van der Waals surface area contributed by atoms with Crippen molar-refractivity contribution in [1.82, 2.24) is 14.9 Å². The van der Waals surface area contributed by atoms with E-state index in [9.17, 15) is 13.2 Å². The van der Waals surface area contributed by atoms with E-state index in [1.807, 2.05) is 23.1 Å². The summed E-state index contributed by atoms with van der Waals surface area (Å²) in [5, 5.41) is 3.29. The second-order valence-corrected chi connectivity index (χ2v) is 8.52. The van der Waals surface area contributed by atoms with Crippen molar-refractivity contribution in [2.24, 2.45) is 0 Å². The van der Waals surface area contributed by atoms with Crippen LogP contribution in [-0.2, 0) is 23.1 Å². The van der Waals surface area contributed by atoms with E-state index in [4.69, 9.17) is 0 Å². The molecule has 24 heavy (non-hydrogen) atoms. The summed E-state index contributed by atoms with van der Waals surface area (Å²) < 4.78 is 25.0. The molecule has 0 aromatic heterocycles. The van der Waals surface area contributed by atoms with E-state index in [1.165, 1.54) is 11.1 Å². The molecule has 2 aliphatic heterocycles.